The lowest BCUT2D eigenvalue weighted by molar-refractivity contribution is 0.0721. The number of nitrogens with zero attached hydrogens (tertiary/aromatic N) is 3. The van der Waals surface area contributed by atoms with E-state index in [2.05, 4.69) is 5.10 Å². The van der Waals surface area contributed by atoms with E-state index in [1.165, 1.54) is 28.9 Å². The Morgan fingerprint density at radius 3 is 2.60 bits per heavy atom. The molecule has 0 radical (unpaired) electrons. The van der Waals surface area contributed by atoms with E-state index in [4.69, 9.17) is 0 Å². The largest absolute Gasteiger partial charge is 0.330 e. The molecule has 1 aliphatic carbocycles. The highest BCUT2D eigenvalue weighted by atomic mass is 19.1. The van der Waals surface area contributed by atoms with Crippen LogP contribution in [0.2, 0.25) is 0 Å². The Morgan fingerprint density at radius 2 is 1.96 bits per heavy atom. The number of unbranched alkanes of at least 4 members (excludes halogenated alkanes) is 1. The van der Waals surface area contributed by atoms with Crippen molar-refractivity contribution in [2.75, 3.05) is 0 Å². The van der Waals surface area contributed by atoms with Crippen molar-refractivity contribution in [2.24, 2.45) is 0 Å². The van der Waals surface area contributed by atoms with E-state index in [1.54, 1.807) is 17.0 Å². The van der Waals surface area contributed by atoms with Gasteiger partial charge in [-0.2, -0.15) is 5.10 Å². The molecule has 1 saturated carbocycles. The van der Waals surface area contributed by atoms with Gasteiger partial charge in [0.05, 0.1) is 0 Å². The predicted molar refractivity (Wildman–Crippen MR) is 92.7 cm³/mol. The number of halogens is 1. The molecular formula is C19H22FN3O2. The summed E-state index contributed by atoms with van der Waals surface area (Å²) in [5.41, 5.74) is 0.965. The summed E-state index contributed by atoms with van der Waals surface area (Å²) in [6, 6.07) is 9.25. The van der Waals surface area contributed by atoms with Gasteiger partial charge in [0.2, 0.25) is 0 Å². The topological polar surface area (TPSA) is 55.2 Å². The van der Waals surface area contributed by atoms with Crippen molar-refractivity contribution in [3.63, 3.8) is 0 Å². The molecule has 1 aromatic carbocycles. The number of benzene rings is 1. The predicted octanol–water partition coefficient (Wildman–Crippen LogP) is 2.99. The molecule has 0 aliphatic heterocycles. The molecule has 1 aromatic heterocycles. The van der Waals surface area contributed by atoms with Crippen molar-refractivity contribution in [1.82, 2.24) is 14.7 Å². The molecule has 0 atom stereocenters. The molecule has 1 heterocycles. The highest BCUT2D eigenvalue weighted by molar-refractivity contribution is 5.92. The van der Waals surface area contributed by atoms with Crippen molar-refractivity contribution < 1.29 is 9.18 Å². The summed E-state index contributed by atoms with van der Waals surface area (Å²) in [5, 5.41) is 4.25. The normalized spacial score (nSPS) is 13.7. The highest BCUT2D eigenvalue weighted by Gasteiger charge is 2.33. The first-order valence-electron chi connectivity index (χ1n) is 8.72. The van der Waals surface area contributed by atoms with Crippen molar-refractivity contribution >= 4 is 5.91 Å². The van der Waals surface area contributed by atoms with E-state index >= 15 is 0 Å². The van der Waals surface area contributed by atoms with Crippen LogP contribution in [0.1, 0.15) is 48.7 Å². The Bertz CT molecular complexity index is 797. The van der Waals surface area contributed by atoms with E-state index in [1.807, 2.05) is 6.92 Å². The highest BCUT2D eigenvalue weighted by Crippen LogP contribution is 2.29. The third-order valence-corrected chi connectivity index (χ3v) is 4.32. The quantitative estimate of drug-likeness (QED) is 0.777. The van der Waals surface area contributed by atoms with E-state index in [0.717, 1.165) is 31.2 Å². The maximum atomic E-state index is 13.1. The standard InChI is InChI=1S/C19H22FN3O2/c1-2-3-12-23-18(24)11-10-17(21-23)19(25)22(16-8-9-16)13-14-4-6-15(20)7-5-14/h4-7,10-11,16H,2-3,8-9,12-13H2,1H3. The van der Waals surface area contributed by atoms with Crippen LogP contribution in [-0.4, -0.2) is 26.6 Å². The lowest BCUT2D eigenvalue weighted by Crippen LogP contribution is -2.35. The summed E-state index contributed by atoms with van der Waals surface area (Å²) in [4.78, 5) is 26.6. The first kappa shape index (κ1) is 17.3. The van der Waals surface area contributed by atoms with Crippen LogP contribution in [0.3, 0.4) is 0 Å². The number of hydrogen-bond donors (Lipinski definition) is 0. The Morgan fingerprint density at radius 1 is 1.24 bits per heavy atom. The molecule has 0 spiro atoms. The van der Waals surface area contributed by atoms with Gasteiger partial charge in [0.1, 0.15) is 11.5 Å². The molecule has 0 bridgehead atoms. The van der Waals surface area contributed by atoms with E-state index in [0.29, 0.717) is 13.1 Å². The summed E-state index contributed by atoms with van der Waals surface area (Å²) in [6.45, 7) is 2.97. The van der Waals surface area contributed by atoms with E-state index in [-0.39, 0.29) is 29.0 Å². The number of rotatable bonds is 7. The second kappa shape index (κ2) is 7.59. The molecule has 132 valence electrons. The molecule has 1 fully saturated rings. The molecule has 0 unspecified atom stereocenters. The minimum atomic E-state index is -0.294. The number of aryl methyl sites for hydroxylation is 1. The van der Waals surface area contributed by atoms with Gasteiger partial charge in [-0.15, -0.1) is 0 Å². The monoisotopic (exact) mass is 343 g/mol. The van der Waals surface area contributed by atoms with Crippen LogP contribution in [0.25, 0.3) is 0 Å². The maximum absolute atomic E-state index is 13.1. The second-order valence-corrected chi connectivity index (χ2v) is 6.42. The van der Waals surface area contributed by atoms with Crippen LogP contribution in [0.5, 0.6) is 0 Å². The fourth-order valence-corrected chi connectivity index (χ4v) is 2.72. The average Bonchev–Trinajstić information content (AvgIpc) is 3.45. The number of aromatic nitrogens is 2. The minimum absolute atomic E-state index is 0.183. The molecule has 5 nitrogen and oxygen atoms in total. The SMILES string of the molecule is CCCCn1nc(C(=O)N(Cc2ccc(F)cc2)C2CC2)ccc1=O. The fourth-order valence-electron chi connectivity index (χ4n) is 2.72. The van der Waals surface area contributed by atoms with Gasteiger partial charge in [-0.1, -0.05) is 25.5 Å². The molecule has 0 N–H and O–H groups in total. The number of carbonyl (C=O) groups is 1. The third kappa shape index (κ3) is 4.32. The Balaban J connectivity index is 1.81. The number of amides is 1. The van der Waals surface area contributed by atoms with Crippen molar-refractivity contribution in [2.45, 2.75) is 51.7 Å². The van der Waals surface area contributed by atoms with Crippen LogP contribution in [-0.2, 0) is 13.1 Å². The second-order valence-electron chi connectivity index (χ2n) is 6.42. The molecular weight excluding hydrogens is 321 g/mol. The van der Waals surface area contributed by atoms with Gasteiger partial charge in [0.25, 0.3) is 11.5 Å². The smallest absolute Gasteiger partial charge is 0.274 e. The number of hydrogen-bond acceptors (Lipinski definition) is 3. The molecule has 0 saturated heterocycles. The summed E-state index contributed by atoms with van der Waals surface area (Å²) in [5.74, 6) is -0.477. The summed E-state index contributed by atoms with van der Waals surface area (Å²) in [7, 11) is 0. The van der Waals surface area contributed by atoms with Crippen LogP contribution in [0, 0.1) is 5.82 Å². The Labute approximate surface area is 146 Å². The zero-order valence-corrected chi connectivity index (χ0v) is 14.3. The maximum Gasteiger partial charge on any atom is 0.274 e. The molecule has 25 heavy (non-hydrogen) atoms. The summed E-state index contributed by atoms with van der Waals surface area (Å²) >= 11 is 0. The molecule has 3 rings (SSSR count). The fraction of sp³-hybridized carbons (Fsp3) is 0.421. The van der Waals surface area contributed by atoms with Crippen molar-refractivity contribution in [3.8, 4) is 0 Å². The van der Waals surface area contributed by atoms with Crippen LogP contribution < -0.4 is 5.56 Å². The average molecular weight is 343 g/mol. The van der Waals surface area contributed by atoms with Gasteiger partial charge < -0.3 is 4.90 Å². The van der Waals surface area contributed by atoms with Crippen LogP contribution in [0.4, 0.5) is 4.39 Å². The zero-order valence-electron chi connectivity index (χ0n) is 14.3. The van der Waals surface area contributed by atoms with Crippen LogP contribution >= 0.6 is 0 Å². The molecule has 1 aliphatic rings. The molecule has 2 aromatic rings. The van der Waals surface area contributed by atoms with Gasteiger partial charge in [-0.3, -0.25) is 9.59 Å². The minimum Gasteiger partial charge on any atom is -0.330 e. The third-order valence-electron chi connectivity index (χ3n) is 4.32. The first-order chi connectivity index (χ1) is 12.1. The first-order valence-corrected chi connectivity index (χ1v) is 8.72. The lowest BCUT2D eigenvalue weighted by Gasteiger charge is -2.22. The van der Waals surface area contributed by atoms with E-state index < -0.39 is 0 Å². The van der Waals surface area contributed by atoms with Crippen LogP contribution in [0.15, 0.2) is 41.2 Å². The van der Waals surface area contributed by atoms with Crippen molar-refractivity contribution in [3.05, 3.63) is 63.8 Å². The van der Waals surface area contributed by atoms with Gasteiger partial charge in [0, 0.05) is 25.2 Å². The summed E-state index contributed by atoms with van der Waals surface area (Å²) < 4.78 is 14.4. The lowest BCUT2D eigenvalue weighted by atomic mass is 10.2. The van der Waals surface area contributed by atoms with Gasteiger partial charge >= 0.3 is 0 Å². The number of carbonyl (C=O) groups excluding carboxylic acids is 1. The van der Waals surface area contributed by atoms with Gasteiger partial charge in [-0.25, -0.2) is 9.07 Å². The zero-order chi connectivity index (χ0) is 17.8. The van der Waals surface area contributed by atoms with Gasteiger partial charge in [0.15, 0.2) is 0 Å². The Hall–Kier alpha value is -2.50. The van der Waals surface area contributed by atoms with Gasteiger partial charge in [-0.05, 0) is 43.0 Å². The summed E-state index contributed by atoms with van der Waals surface area (Å²) in [6.07, 6.45) is 3.71. The molecule has 1 amide bonds. The van der Waals surface area contributed by atoms with Crippen molar-refractivity contribution in [1.29, 1.82) is 0 Å². The molecule has 6 heteroatoms. The Kier molecular flexibility index (Phi) is 5.26. The van der Waals surface area contributed by atoms with E-state index in [9.17, 15) is 14.0 Å².